The van der Waals surface area contributed by atoms with Crippen LogP contribution >= 0.6 is 0 Å². The normalized spacial score (nSPS) is 16.0. The Labute approximate surface area is 119 Å². The molecule has 0 radical (unpaired) electrons. The molecular weight excluding hydrogens is 274 g/mol. The number of nitrogens with one attached hydrogen (secondary N) is 1. The molecule has 3 rings (SSSR count). The number of benzene rings is 2. The molecule has 21 heavy (non-hydrogen) atoms. The van der Waals surface area contributed by atoms with Crippen LogP contribution in [-0.4, -0.2) is 11.7 Å². The summed E-state index contributed by atoms with van der Waals surface area (Å²) >= 11 is 0. The quantitative estimate of drug-likeness (QED) is 0.846. The van der Waals surface area contributed by atoms with Crippen LogP contribution in [0.3, 0.4) is 0 Å². The maximum absolute atomic E-state index is 13.2. The standard InChI is InChI=1S/C16H10F2N2O/c17-12-5-1-3-10(7-12)8-14-16(21)20-15(19-14)11-4-2-6-13(18)9-11/h1-9H,(H,19,20,21)/b14-8+. The van der Waals surface area contributed by atoms with Gasteiger partial charge in [-0.1, -0.05) is 24.3 Å². The van der Waals surface area contributed by atoms with Crippen LogP contribution in [-0.2, 0) is 4.79 Å². The van der Waals surface area contributed by atoms with Gasteiger partial charge in [-0.05, 0) is 35.9 Å². The van der Waals surface area contributed by atoms with Gasteiger partial charge in [-0.2, -0.15) is 0 Å². The van der Waals surface area contributed by atoms with Crippen molar-refractivity contribution in [2.24, 2.45) is 4.99 Å². The lowest BCUT2D eigenvalue weighted by atomic mass is 10.2. The molecule has 0 bridgehead atoms. The predicted octanol–water partition coefficient (Wildman–Crippen LogP) is 2.88. The van der Waals surface area contributed by atoms with E-state index in [1.54, 1.807) is 18.2 Å². The van der Waals surface area contributed by atoms with E-state index in [1.807, 2.05) is 0 Å². The lowest BCUT2D eigenvalue weighted by Crippen LogP contribution is -2.24. The minimum absolute atomic E-state index is 0.153. The van der Waals surface area contributed by atoms with Crippen LogP contribution < -0.4 is 5.32 Å². The van der Waals surface area contributed by atoms with Crippen molar-refractivity contribution < 1.29 is 13.6 Å². The first-order chi connectivity index (χ1) is 10.1. The van der Waals surface area contributed by atoms with Crippen molar-refractivity contribution >= 4 is 17.8 Å². The van der Waals surface area contributed by atoms with E-state index in [4.69, 9.17) is 0 Å². The van der Waals surface area contributed by atoms with Gasteiger partial charge in [0.15, 0.2) is 0 Å². The highest BCUT2D eigenvalue weighted by atomic mass is 19.1. The molecule has 5 heteroatoms. The molecule has 3 nitrogen and oxygen atoms in total. The van der Waals surface area contributed by atoms with Crippen LogP contribution in [0.5, 0.6) is 0 Å². The molecule has 0 saturated heterocycles. The summed E-state index contributed by atoms with van der Waals surface area (Å²) in [5.41, 5.74) is 1.16. The highest BCUT2D eigenvalue weighted by Gasteiger charge is 2.21. The molecule has 0 aromatic heterocycles. The van der Waals surface area contributed by atoms with Gasteiger partial charge >= 0.3 is 0 Å². The second kappa shape index (κ2) is 5.28. The highest BCUT2D eigenvalue weighted by molar-refractivity contribution is 6.19. The fourth-order valence-corrected chi connectivity index (χ4v) is 2.00. The van der Waals surface area contributed by atoms with Crippen molar-refractivity contribution in [3.63, 3.8) is 0 Å². The minimum atomic E-state index is -0.410. The molecule has 0 atom stereocenters. The molecule has 2 aromatic carbocycles. The third-order valence-corrected chi connectivity index (χ3v) is 2.95. The molecule has 0 saturated carbocycles. The van der Waals surface area contributed by atoms with Gasteiger partial charge in [-0.15, -0.1) is 0 Å². The number of carbonyl (C=O) groups is 1. The van der Waals surface area contributed by atoms with Crippen LogP contribution in [0.15, 0.2) is 59.2 Å². The lowest BCUT2D eigenvalue weighted by Gasteiger charge is -1.99. The molecule has 2 aromatic rings. The van der Waals surface area contributed by atoms with Gasteiger partial charge < -0.3 is 5.32 Å². The summed E-state index contributed by atoms with van der Waals surface area (Å²) in [6, 6.07) is 11.6. The molecule has 1 amide bonds. The number of hydrogen-bond acceptors (Lipinski definition) is 2. The van der Waals surface area contributed by atoms with Crippen LogP contribution in [0.1, 0.15) is 11.1 Å². The maximum Gasteiger partial charge on any atom is 0.275 e. The zero-order valence-corrected chi connectivity index (χ0v) is 10.8. The Kier molecular flexibility index (Phi) is 3.31. The highest BCUT2D eigenvalue weighted by Crippen LogP contribution is 2.16. The average Bonchev–Trinajstić information content (AvgIpc) is 2.80. The fraction of sp³-hybridized carbons (Fsp3) is 0. The topological polar surface area (TPSA) is 41.5 Å². The van der Waals surface area contributed by atoms with Crippen LogP contribution in [0.4, 0.5) is 8.78 Å². The second-order valence-corrected chi connectivity index (χ2v) is 4.51. The number of hydrogen-bond donors (Lipinski definition) is 1. The summed E-state index contributed by atoms with van der Waals surface area (Å²) in [6.07, 6.45) is 1.48. The molecule has 1 heterocycles. The van der Waals surface area contributed by atoms with E-state index < -0.39 is 17.5 Å². The molecule has 0 aliphatic carbocycles. The second-order valence-electron chi connectivity index (χ2n) is 4.51. The summed E-state index contributed by atoms with van der Waals surface area (Å²) in [5, 5.41) is 2.56. The van der Waals surface area contributed by atoms with Gasteiger partial charge in [0.1, 0.15) is 23.2 Å². The van der Waals surface area contributed by atoms with Gasteiger partial charge in [0.05, 0.1) is 0 Å². The van der Waals surface area contributed by atoms with E-state index in [1.165, 1.54) is 36.4 Å². The van der Waals surface area contributed by atoms with Crippen LogP contribution in [0.2, 0.25) is 0 Å². The first kappa shape index (κ1) is 13.2. The Morgan fingerprint density at radius 2 is 1.71 bits per heavy atom. The maximum atomic E-state index is 13.2. The van der Waals surface area contributed by atoms with Gasteiger partial charge in [0.2, 0.25) is 0 Å². The van der Waals surface area contributed by atoms with Crippen LogP contribution in [0.25, 0.3) is 6.08 Å². The van der Waals surface area contributed by atoms with Gasteiger partial charge in [0.25, 0.3) is 5.91 Å². The summed E-state index contributed by atoms with van der Waals surface area (Å²) in [5.74, 6) is -0.926. The first-order valence-electron chi connectivity index (χ1n) is 6.25. The summed E-state index contributed by atoms with van der Waals surface area (Å²) < 4.78 is 26.3. The van der Waals surface area contributed by atoms with Gasteiger partial charge in [-0.3, -0.25) is 4.79 Å². The molecule has 1 N–H and O–H groups in total. The Morgan fingerprint density at radius 1 is 1.00 bits per heavy atom. The Bertz CT molecular complexity index is 781. The van der Waals surface area contributed by atoms with Gasteiger partial charge in [-0.25, -0.2) is 13.8 Å². The number of nitrogens with zero attached hydrogens (tertiary/aromatic N) is 1. The molecule has 0 spiro atoms. The lowest BCUT2D eigenvalue weighted by molar-refractivity contribution is -0.115. The molecule has 104 valence electrons. The number of amides is 1. The molecule has 0 fully saturated rings. The Balaban J connectivity index is 1.95. The molecular formula is C16H10F2N2O. The number of aliphatic imine (C=N–C) groups is 1. The summed E-state index contributed by atoms with van der Waals surface area (Å²) in [7, 11) is 0. The van der Waals surface area contributed by atoms with Crippen molar-refractivity contribution in [3.8, 4) is 0 Å². The summed E-state index contributed by atoms with van der Waals surface area (Å²) in [6.45, 7) is 0. The molecule has 1 aliphatic rings. The number of carbonyl (C=O) groups excluding carboxylic acids is 1. The predicted molar refractivity (Wildman–Crippen MR) is 75.5 cm³/mol. The fourth-order valence-electron chi connectivity index (χ4n) is 2.00. The van der Waals surface area contributed by atoms with Crippen molar-refractivity contribution in [1.82, 2.24) is 5.32 Å². The van der Waals surface area contributed by atoms with E-state index in [0.717, 1.165) is 0 Å². The van der Waals surface area contributed by atoms with Crippen molar-refractivity contribution in [1.29, 1.82) is 0 Å². The zero-order valence-electron chi connectivity index (χ0n) is 10.8. The number of halogens is 2. The largest absolute Gasteiger partial charge is 0.305 e. The smallest absolute Gasteiger partial charge is 0.275 e. The van der Waals surface area contributed by atoms with E-state index in [-0.39, 0.29) is 11.5 Å². The molecule has 1 aliphatic heterocycles. The minimum Gasteiger partial charge on any atom is -0.305 e. The summed E-state index contributed by atoms with van der Waals surface area (Å²) in [4.78, 5) is 16.0. The zero-order chi connectivity index (χ0) is 14.8. The number of rotatable bonds is 2. The SMILES string of the molecule is O=C1NC(c2cccc(F)c2)=N/C1=C/c1cccc(F)c1. The van der Waals surface area contributed by atoms with Gasteiger partial charge in [0, 0.05) is 5.56 Å². The number of amidine groups is 1. The van der Waals surface area contributed by atoms with E-state index in [2.05, 4.69) is 10.3 Å². The monoisotopic (exact) mass is 284 g/mol. The van der Waals surface area contributed by atoms with Crippen molar-refractivity contribution in [2.45, 2.75) is 0 Å². The van der Waals surface area contributed by atoms with E-state index >= 15 is 0 Å². The Morgan fingerprint density at radius 3 is 2.43 bits per heavy atom. The van der Waals surface area contributed by atoms with Crippen molar-refractivity contribution in [2.75, 3.05) is 0 Å². The van der Waals surface area contributed by atoms with E-state index in [0.29, 0.717) is 11.1 Å². The first-order valence-corrected chi connectivity index (χ1v) is 6.25. The van der Waals surface area contributed by atoms with Crippen LogP contribution in [0, 0.1) is 11.6 Å². The molecule has 0 unspecified atom stereocenters. The average molecular weight is 284 g/mol. The Hall–Kier alpha value is -2.82. The third-order valence-electron chi connectivity index (χ3n) is 2.95. The van der Waals surface area contributed by atoms with Crippen molar-refractivity contribution in [3.05, 3.63) is 77.0 Å². The third kappa shape index (κ3) is 2.86. The van der Waals surface area contributed by atoms with E-state index in [9.17, 15) is 13.6 Å².